The Morgan fingerprint density at radius 1 is 1.29 bits per heavy atom. The first kappa shape index (κ1) is 16.5. The van der Waals surface area contributed by atoms with Crippen LogP contribution in [0.4, 0.5) is 14.5 Å². The lowest BCUT2D eigenvalue weighted by Crippen LogP contribution is -2.35. The first-order valence-electron chi connectivity index (χ1n) is 8.10. The highest BCUT2D eigenvalue weighted by Crippen LogP contribution is 2.33. The molecule has 0 radical (unpaired) electrons. The van der Waals surface area contributed by atoms with Gasteiger partial charge >= 0.3 is 0 Å². The maximum absolute atomic E-state index is 13.7. The number of halogens is 2. The molecule has 1 aliphatic heterocycles. The molecular formula is C17H20F2N4O. The van der Waals surface area contributed by atoms with Crippen molar-refractivity contribution in [1.29, 1.82) is 0 Å². The van der Waals surface area contributed by atoms with E-state index in [0.29, 0.717) is 23.4 Å². The fraction of sp³-hybridized carbons (Fsp3) is 0.471. The number of carbonyl (C=O) groups excluding carboxylic acids is 1. The van der Waals surface area contributed by atoms with Crippen molar-refractivity contribution in [2.75, 3.05) is 11.7 Å². The smallest absolute Gasteiger partial charge is 0.232 e. The molecule has 2 aromatic heterocycles. The van der Waals surface area contributed by atoms with Gasteiger partial charge in [-0.15, -0.1) is 0 Å². The largest absolute Gasteiger partial charge is 0.280 e. The molecule has 1 amide bonds. The third-order valence-electron chi connectivity index (χ3n) is 4.44. The van der Waals surface area contributed by atoms with Gasteiger partial charge in [-0.2, -0.15) is 5.10 Å². The van der Waals surface area contributed by atoms with Crippen LogP contribution in [0.15, 0.2) is 24.5 Å². The van der Waals surface area contributed by atoms with Gasteiger partial charge in [-0.25, -0.2) is 13.5 Å². The molecule has 0 saturated carbocycles. The minimum atomic E-state index is -0.966. The third kappa shape index (κ3) is 3.02. The molecule has 0 fully saturated rings. The van der Waals surface area contributed by atoms with Crippen LogP contribution in [-0.4, -0.2) is 27.5 Å². The first-order valence-corrected chi connectivity index (χ1v) is 8.10. The van der Waals surface area contributed by atoms with Gasteiger partial charge in [-0.05, 0) is 31.4 Å². The number of carbonyl (C=O) groups is 1. The predicted molar refractivity (Wildman–Crippen MR) is 86.7 cm³/mol. The lowest BCUT2D eigenvalue weighted by atomic mass is 9.99. The highest BCUT2D eigenvalue weighted by Gasteiger charge is 2.27. The fourth-order valence-corrected chi connectivity index (χ4v) is 3.11. The molecule has 3 rings (SSSR count). The van der Waals surface area contributed by atoms with Crippen LogP contribution in [0.5, 0.6) is 0 Å². The van der Waals surface area contributed by atoms with Crippen LogP contribution in [0.3, 0.4) is 0 Å². The van der Waals surface area contributed by atoms with Crippen LogP contribution in [-0.2, 0) is 18.0 Å². The van der Waals surface area contributed by atoms with E-state index in [1.54, 1.807) is 19.2 Å². The van der Waals surface area contributed by atoms with Crippen LogP contribution in [0.25, 0.3) is 11.3 Å². The summed E-state index contributed by atoms with van der Waals surface area (Å²) >= 11 is 0. The summed E-state index contributed by atoms with van der Waals surface area (Å²) in [4.78, 5) is 18.0. The monoisotopic (exact) mass is 334 g/mol. The van der Waals surface area contributed by atoms with Crippen molar-refractivity contribution in [3.8, 4) is 11.3 Å². The summed E-state index contributed by atoms with van der Waals surface area (Å²) in [5.41, 5.74) is 2.28. The van der Waals surface area contributed by atoms with E-state index in [-0.39, 0.29) is 11.8 Å². The van der Waals surface area contributed by atoms with Gasteiger partial charge in [0.25, 0.3) is 0 Å². The van der Waals surface area contributed by atoms with E-state index < -0.39 is 13.6 Å². The summed E-state index contributed by atoms with van der Waals surface area (Å²) in [7, 11) is 0. The Bertz CT molecular complexity index is 731. The summed E-state index contributed by atoms with van der Waals surface area (Å²) in [6, 6.07) is 3.59. The summed E-state index contributed by atoms with van der Waals surface area (Å²) < 4.78 is 28.2. The number of hydrogen-bond acceptors (Lipinski definition) is 3. The van der Waals surface area contributed by atoms with E-state index >= 15 is 0 Å². The van der Waals surface area contributed by atoms with Crippen molar-refractivity contribution in [2.24, 2.45) is 5.92 Å². The van der Waals surface area contributed by atoms with Crippen molar-refractivity contribution in [1.82, 2.24) is 14.8 Å². The molecule has 2 bridgehead atoms. The number of hydrogen-bond donors (Lipinski definition) is 0. The van der Waals surface area contributed by atoms with Crippen LogP contribution < -0.4 is 4.90 Å². The lowest BCUT2D eigenvalue weighted by molar-refractivity contribution is -0.122. The summed E-state index contributed by atoms with van der Waals surface area (Å²) in [6.07, 6.45) is 6.25. The van der Waals surface area contributed by atoms with Crippen LogP contribution >= 0.6 is 0 Å². The standard InChI is InChI=1S/C17H20F2N4O/c1-12-4-2-3-5-14-8-13(6-7-20-14)16-15(9-21-23(16)11-19)22(10-18)17(12)24/h6-9,12H,2-5,10-11H2,1H3. The number of fused-ring (bicyclic) bond motifs is 4. The zero-order valence-corrected chi connectivity index (χ0v) is 13.6. The quantitative estimate of drug-likeness (QED) is 0.790. The number of amides is 1. The van der Waals surface area contributed by atoms with Crippen molar-refractivity contribution < 1.29 is 13.6 Å². The third-order valence-corrected chi connectivity index (χ3v) is 4.44. The van der Waals surface area contributed by atoms with Gasteiger partial charge in [0, 0.05) is 23.4 Å². The Morgan fingerprint density at radius 3 is 2.88 bits per heavy atom. The molecule has 3 heterocycles. The molecule has 1 aliphatic rings. The Labute approximate surface area is 139 Å². The Balaban J connectivity index is 2.17. The first-order chi connectivity index (χ1) is 11.7. The van der Waals surface area contributed by atoms with E-state index in [2.05, 4.69) is 10.1 Å². The van der Waals surface area contributed by atoms with Gasteiger partial charge in [0.05, 0.1) is 17.6 Å². The molecule has 0 spiro atoms. The summed E-state index contributed by atoms with van der Waals surface area (Å²) in [5.74, 6) is -0.597. The molecule has 1 atom stereocenters. The molecule has 2 aromatic rings. The van der Waals surface area contributed by atoms with E-state index in [0.717, 1.165) is 34.5 Å². The molecule has 0 saturated heterocycles. The molecule has 0 aliphatic carbocycles. The molecule has 128 valence electrons. The fourth-order valence-electron chi connectivity index (χ4n) is 3.11. The van der Waals surface area contributed by atoms with Gasteiger partial charge in [-0.1, -0.05) is 13.3 Å². The van der Waals surface area contributed by atoms with Crippen LogP contribution in [0.1, 0.15) is 31.9 Å². The van der Waals surface area contributed by atoms with Gasteiger partial charge in [0.1, 0.15) is 0 Å². The molecule has 5 nitrogen and oxygen atoms in total. The average Bonchev–Trinajstić information content (AvgIpc) is 3.02. The Morgan fingerprint density at radius 2 is 2.12 bits per heavy atom. The molecule has 0 aromatic carbocycles. The highest BCUT2D eigenvalue weighted by molar-refractivity contribution is 5.98. The van der Waals surface area contributed by atoms with Crippen molar-refractivity contribution in [3.63, 3.8) is 0 Å². The number of alkyl halides is 2. The molecular weight excluding hydrogens is 314 g/mol. The van der Waals surface area contributed by atoms with Crippen molar-refractivity contribution >= 4 is 11.6 Å². The van der Waals surface area contributed by atoms with E-state index in [1.807, 2.05) is 6.07 Å². The van der Waals surface area contributed by atoms with E-state index in [1.165, 1.54) is 6.20 Å². The van der Waals surface area contributed by atoms with Crippen LogP contribution in [0, 0.1) is 5.92 Å². The average molecular weight is 334 g/mol. The van der Waals surface area contributed by atoms with Crippen molar-refractivity contribution in [2.45, 2.75) is 39.4 Å². The molecule has 7 heteroatoms. The summed E-state index contributed by atoms with van der Waals surface area (Å²) in [6.45, 7) is -0.0174. The molecule has 1 unspecified atom stereocenters. The maximum Gasteiger partial charge on any atom is 0.232 e. The van der Waals surface area contributed by atoms with Gasteiger partial charge in [0.15, 0.2) is 13.6 Å². The second kappa shape index (κ2) is 7.07. The minimum Gasteiger partial charge on any atom is -0.280 e. The van der Waals surface area contributed by atoms with E-state index in [4.69, 9.17) is 0 Å². The minimum absolute atomic E-state index is 0.296. The topological polar surface area (TPSA) is 51.0 Å². The lowest BCUT2D eigenvalue weighted by Gasteiger charge is -2.23. The molecule has 0 N–H and O–H groups in total. The zero-order chi connectivity index (χ0) is 17.1. The van der Waals surface area contributed by atoms with Gasteiger partial charge in [-0.3, -0.25) is 14.7 Å². The van der Waals surface area contributed by atoms with E-state index in [9.17, 15) is 13.6 Å². The predicted octanol–water partition coefficient (Wildman–Crippen LogP) is 3.49. The maximum atomic E-state index is 13.7. The highest BCUT2D eigenvalue weighted by atomic mass is 19.1. The SMILES string of the molecule is CC1CCCCc2cc(ccn2)-c2c(cnn2CF)N(CF)C1=O. The summed E-state index contributed by atoms with van der Waals surface area (Å²) in [5, 5.41) is 3.98. The zero-order valence-electron chi connectivity index (χ0n) is 13.6. The second-order valence-electron chi connectivity index (χ2n) is 6.07. The second-order valence-corrected chi connectivity index (χ2v) is 6.07. The van der Waals surface area contributed by atoms with Crippen molar-refractivity contribution in [3.05, 3.63) is 30.2 Å². The van der Waals surface area contributed by atoms with Gasteiger partial charge < -0.3 is 0 Å². The van der Waals surface area contributed by atoms with Crippen LogP contribution in [0.2, 0.25) is 0 Å². The normalized spacial score (nSPS) is 18.7. The number of pyridine rings is 1. The number of anilines is 1. The Hall–Kier alpha value is -2.31. The number of aromatic nitrogens is 3. The Kier molecular flexibility index (Phi) is 4.87. The molecule has 24 heavy (non-hydrogen) atoms. The van der Waals surface area contributed by atoms with Gasteiger partial charge in [0.2, 0.25) is 5.91 Å². The number of rotatable bonds is 2. The number of aryl methyl sites for hydroxylation is 1. The number of nitrogens with zero attached hydrogens (tertiary/aromatic N) is 4.